The number of aromatic amines is 1. The summed E-state index contributed by atoms with van der Waals surface area (Å²) in [6, 6.07) is 19.1. The minimum Gasteiger partial charge on any atom is -0.497 e. The van der Waals surface area contributed by atoms with Crippen LogP contribution in [0.4, 0.5) is 17.3 Å². The van der Waals surface area contributed by atoms with Gasteiger partial charge in [0.1, 0.15) is 17.4 Å². The fourth-order valence-corrected chi connectivity index (χ4v) is 2.11. The number of aliphatic imine (C=N–C) groups is 1. The van der Waals surface area contributed by atoms with E-state index in [1.807, 2.05) is 54.6 Å². The first-order valence-electron chi connectivity index (χ1n) is 7.29. The molecular formula is C18H15N5O. The number of nitrogens with zero attached hydrogens (tertiary/aromatic N) is 3. The lowest BCUT2D eigenvalue weighted by Crippen LogP contribution is -1.93. The van der Waals surface area contributed by atoms with Gasteiger partial charge in [-0.05, 0) is 29.8 Å². The van der Waals surface area contributed by atoms with Gasteiger partial charge in [0, 0.05) is 11.9 Å². The van der Waals surface area contributed by atoms with Crippen LogP contribution in [0.25, 0.3) is 0 Å². The number of H-pyrrole nitrogens is 1. The first kappa shape index (κ1) is 15.3. The first-order chi connectivity index (χ1) is 11.8. The molecule has 6 heteroatoms. The van der Waals surface area contributed by atoms with E-state index in [4.69, 9.17) is 4.74 Å². The Kier molecular flexibility index (Phi) is 4.54. The molecule has 6 nitrogen and oxygen atoms in total. The van der Waals surface area contributed by atoms with Crippen LogP contribution in [0.5, 0.6) is 5.75 Å². The van der Waals surface area contributed by atoms with E-state index in [1.54, 1.807) is 13.3 Å². The van der Waals surface area contributed by atoms with Gasteiger partial charge in [0.2, 0.25) is 0 Å². The van der Waals surface area contributed by atoms with Gasteiger partial charge in [-0.2, -0.15) is 10.4 Å². The number of ether oxygens (including phenoxy) is 1. The Morgan fingerprint density at radius 3 is 2.58 bits per heavy atom. The van der Waals surface area contributed by atoms with Crippen molar-refractivity contribution in [3.05, 3.63) is 65.7 Å². The Morgan fingerprint density at radius 1 is 1.17 bits per heavy atom. The van der Waals surface area contributed by atoms with Gasteiger partial charge < -0.3 is 10.1 Å². The predicted molar refractivity (Wildman–Crippen MR) is 93.3 cm³/mol. The van der Waals surface area contributed by atoms with E-state index in [1.165, 1.54) is 0 Å². The summed E-state index contributed by atoms with van der Waals surface area (Å²) in [4.78, 5) is 4.31. The van der Waals surface area contributed by atoms with Crippen molar-refractivity contribution in [3.8, 4) is 11.8 Å². The molecule has 0 saturated heterocycles. The Hall–Kier alpha value is -3.59. The summed E-state index contributed by atoms with van der Waals surface area (Å²) in [5.74, 6) is 1.61. The van der Waals surface area contributed by atoms with Crippen LogP contribution in [0.3, 0.4) is 0 Å². The summed E-state index contributed by atoms with van der Waals surface area (Å²) in [5.41, 5.74) is 2.11. The average Bonchev–Trinajstić information content (AvgIpc) is 3.03. The molecule has 0 unspecified atom stereocenters. The van der Waals surface area contributed by atoms with E-state index in [9.17, 15) is 5.26 Å². The van der Waals surface area contributed by atoms with E-state index < -0.39 is 0 Å². The number of hydrogen-bond acceptors (Lipinski definition) is 5. The van der Waals surface area contributed by atoms with Gasteiger partial charge >= 0.3 is 0 Å². The zero-order valence-electron chi connectivity index (χ0n) is 13.0. The van der Waals surface area contributed by atoms with Crippen LogP contribution < -0.4 is 10.1 Å². The number of anilines is 2. The maximum Gasteiger partial charge on any atom is 0.172 e. The van der Waals surface area contributed by atoms with Crippen LogP contribution in [-0.2, 0) is 0 Å². The minimum atomic E-state index is 0.359. The van der Waals surface area contributed by atoms with Crippen LogP contribution in [0.15, 0.2) is 59.6 Å². The van der Waals surface area contributed by atoms with Crippen LogP contribution in [0, 0.1) is 11.3 Å². The number of nitrogens with one attached hydrogen (secondary N) is 2. The lowest BCUT2D eigenvalue weighted by atomic mass is 10.2. The van der Waals surface area contributed by atoms with Crippen LogP contribution in [0.2, 0.25) is 0 Å². The van der Waals surface area contributed by atoms with Crippen molar-refractivity contribution in [2.45, 2.75) is 0 Å². The Morgan fingerprint density at radius 2 is 1.92 bits per heavy atom. The topological polar surface area (TPSA) is 86.1 Å². The monoisotopic (exact) mass is 317 g/mol. The summed E-state index contributed by atoms with van der Waals surface area (Å²) >= 11 is 0. The first-order valence-corrected chi connectivity index (χ1v) is 7.29. The van der Waals surface area contributed by atoms with E-state index in [-0.39, 0.29) is 0 Å². The van der Waals surface area contributed by atoms with E-state index in [2.05, 4.69) is 26.6 Å². The highest BCUT2D eigenvalue weighted by Gasteiger charge is 2.12. The molecule has 3 aromatic rings. The van der Waals surface area contributed by atoms with Gasteiger partial charge in [-0.1, -0.05) is 30.3 Å². The number of nitriles is 1. The molecule has 0 bridgehead atoms. The maximum atomic E-state index is 9.40. The van der Waals surface area contributed by atoms with Gasteiger partial charge in [0.05, 0.1) is 7.11 Å². The second kappa shape index (κ2) is 7.11. The van der Waals surface area contributed by atoms with Gasteiger partial charge in [-0.15, -0.1) is 0 Å². The Balaban J connectivity index is 1.81. The molecule has 2 aromatic carbocycles. The molecule has 3 rings (SSSR count). The lowest BCUT2D eigenvalue weighted by molar-refractivity contribution is 0.415. The smallest absolute Gasteiger partial charge is 0.172 e. The number of aromatic nitrogens is 2. The van der Waals surface area contributed by atoms with Gasteiger partial charge in [-0.3, -0.25) is 5.10 Å². The zero-order valence-corrected chi connectivity index (χ0v) is 13.0. The normalized spacial score (nSPS) is 10.5. The zero-order chi connectivity index (χ0) is 16.8. The average molecular weight is 317 g/mol. The second-order valence-corrected chi connectivity index (χ2v) is 4.93. The molecule has 0 aliphatic heterocycles. The van der Waals surface area contributed by atoms with Crippen molar-refractivity contribution < 1.29 is 4.74 Å². The molecule has 0 radical (unpaired) electrons. The number of benzene rings is 2. The summed E-state index contributed by atoms with van der Waals surface area (Å²) in [7, 11) is 1.61. The fourth-order valence-electron chi connectivity index (χ4n) is 2.11. The molecule has 0 aliphatic rings. The molecule has 0 aliphatic carbocycles. The predicted octanol–water partition coefficient (Wildman–Crippen LogP) is 3.78. The third kappa shape index (κ3) is 3.42. The van der Waals surface area contributed by atoms with Crippen molar-refractivity contribution in [2.75, 3.05) is 12.4 Å². The SMILES string of the molecule is COc1ccc(Nc2n[nH]c(/N=C/c3ccccc3)c2C#N)cc1. The molecule has 24 heavy (non-hydrogen) atoms. The van der Waals surface area contributed by atoms with Gasteiger partial charge in [0.15, 0.2) is 11.6 Å². The lowest BCUT2D eigenvalue weighted by Gasteiger charge is -2.04. The van der Waals surface area contributed by atoms with E-state index >= 15 is 0 Å². The van der Waals surface area contributed by atoms with Crippen molar-refractivity contribution in [3.63, 3.8) is 0 Å². The van der Waals surface area contributed by atoms with Gasteiger partial charge in [-0.25, -0.2) is 4.99 Å². The second-order valence-electron chi connectivity index (χ2n) is 4.93. The van der Waals surface area contributed by atoms with Crippen molar-refractivity contribution >= 4 is 23.5 Å². The largest absolute Gasteiger partial charge is 0.497 e. The molecule has 0 amide bonds. The van der Waals surface area contributed by atoms with Crippen molar-refractivity contribution in [1.29, 1.82) is 5.26 Å². The van der Waals surface area contributed by atoms with Crippen LogP contribution in [-0.4, -0.2) is 23.5 Å². The number of rotatable bonds is 5. The Bertz CT molecular complexity index is 876. The van der Waals surface area contributed by atoms with E-state index in [0.29, 0.717) is 17.2 Å². The van der Waals surface area contributed by atoms with Crippen molar-refractivity contribution in [2.24, 2.45) is 4.99 Å². The highest BCUT2D eigenvalue weighted by Crippen LogP contribution is 2.26. The summed E-state index contributed by atoms with van der Waals surface area (Å²) in [6.07, 6.45) is 1.69. The highest BCUT2D eigenvalue weighted by molar-refractivity contribution is 5.83. The quantitative estimate of drug-likeness (QED) is 0.701. The molecule has 1 heterocycles. The third-order valence-electron chi connectivity index (χ3n) is 3.35. The molecule has 118 valence electrons. The number of methoxy groups -OCH3 is 1. The standard InChI is InChI=1S/C18H15N5O/c1-24-15-9-7-14(8-10-15)21-18-16(11-19)17(22-23-18)20-12-13-5-3-2-4-6-13/h2-10,12H,1H3,(H2,21,22,23)/b20-12+. The maximum absolute atomic E-state index is 9.40. The molecule has 1 aromatic heterocycles. The van der Waals surface area contributed by atoms with Gasteiger partial charge in [0.25, 0.3) is 0 Å². The summed E-state index contributed by atoms with van der Waals surface area (Å²) < 4.78 is 5.12. The molecule has 0 atom stereocenters. The summed E-state index contributed by atoms with van der Waals surface area (Å²) in [6.45, 7) is 0. The molecule has 2 N–H and O–H groups in total. The Labute approximate surface area is 139 Å². The summed E-state index contributed by atoms with van der Waals surface area (Å²) in [5, 5.41) is 19.4. The third-order valence-corrected chi connectivity index (χ3v) is 3.35. The van der Waals surface area contributed by atoms with Crippen LogP contribution in [0.1, 0.15) is 11.1 Å². The molecule has 0 fully saturated rings. The molecule has 0 spiro atoms. The van der Waals surface area contributed by atoms with Crippen molar-refractivity contribution in [1.82, 2.24) is 10.2 Å². The fraction of sp³-hybridized carbons (Fsp3) is 0.0556. The van der Waals surface area contributed by atoms with Crippen LogP contribution >= 0.6 is 0 Å². The number of hydrogen-bond donors (Lipinski definition) is 2. The molecular weight excluding hydrogens is 302 g/mol. The minimum absolute atomic E-state index is 0.359. The van der Waals surface area contributed by atoms with E-state index in [0.717, 1.165) is 17.0 Å². The highest BCUT2D eigenvalue weighted by atomic mass is 16.5. The molecule has 0 saturated carbocycles.